The van der Waals surface area contributed by atoms with Gasteiger partial charge >= 0.3 is 0 Å². The highest BCUT2D eigenvalue weighted by Gasteiger charge is 2.38. The quantitative estimate of drug-likeness (QED) is 0.168. The molecule has 0 radical (unpaired) electrons. The van der Waals surface area contributed by atoms with Gasteiger partial charge in [-0.25, -0.2) is 0 Å². The first kappa shape index (κ1) is 34.4. The highest BCUT2D eigenvalue weighted by molar-refractivity contribution is 6.13. The second-order valence-corrected chi connectivity index (χ2v) is 16.5. The number of rotatable bonds is 6. The Balaban J connectivity index is 1.19. The molecule has 0 saturated carbocycles. The maximum atomic E-state index is 6.35. The molecule has 0 amide bonds. The fourth-order valence-corrected chi connectivity index (χ4v) is 10.0. The summed E-state index contributed by atoms with van der Waals surface area (Å²) in [7, 11) is 0. The van der Waals surface area contributed by atoms with Crippen molar-refractivity contribution in [3.63, 3.8) is 0 Å². The molecule has 0 atom stereocenters. The molecule has 9 aromatic carbocycles. The van der Waals surface area contributed by atoms with Crippen LogP contribution in [-0.2, 0) is 5.41 Å². The van der Waals surface area contributed by atoms with E-state index in [1.165, 1.54) is 55.4 Å². The Labute approximate surface area is 349 Å². The molecule has 0 unspecified atom stereocenters. The first-order valence-electron chi connectivity index (χ1n) is 20.8. The Kier molecular flexibility index (Phi) is 7.58. The van der Waals surface area contributed by atoms with Crippen molar-refractivity contribution in [2.75, 3.05) is 4.90 Å². The number of fused-ring (bicyclic) bond motifs is 9. The molecule has 3 heteroatoms. The smallest absolute Gasteiger partial charge is 0.135 e. The lowest BCUT2D eigenvalue weighted by molar-refractivity contribution is 0.660. The molecule has 60 heavy (non-hydrogen) atoms. The Morgan fingerprint density at radius 1 is 0.417 bits per heavy atom. The molecule has 0 spiro atoms. The number of furan rings is 1. The van der Waals surface area contributed by atoms with E-state index in [0.717, 1.165) is 55.6 Å². The SMILES string of the molecule is CC1(C)c2ccccc2-c2c1ccc(-c1ccccc1)c2-n1c2ccccc2c2ccc(N(c3ccc4oc5ccccc5c4c3)c3ccccc3-c3ccccc3)cc21. The molecule has 0 aliphatic heterocycles. The van der Waals surface area contributed by atoms with Crippen LogP contribution in [0.1, 0.15) is 25.0 Å². The number of para-hydroxylation sites is 3. The van der Waals surface area contributed by atoms with E-state index in [4.69, 9.17) is 4.42 Å². The van der Waals surface area contributed by atoms with E-state index in [1.807, 2.05) is 12.1 Å². The van der Waals surface area contributed by atoms with Crippen LogP contribution in [0.2, 0.25) is 0 Å². The molecule has 1 aliphatic carbocycles. The molecule has 1 aliphatic rings. The van der Waals surface area contributed by atoms with Gasteiger partial charge in [-0.3, -0.25) is 0 Å². The molecule has 2 heterocycles. The van der Waals surface area contributed by atoms with Crippen LogP contribution in [0, 0.1) is 0 Å². The van der Waals surface area contributed by atoms with E-state index in [1.54, 1.807) is 0 Å². The molecule has 0 fully saturated rings. The summed E-state index contributed by atoms with van der Waals surface area (Å²) in [4.78, 5) is 2.43. The van der Waals surface area contributed by atoms with Gasteiger partial charge in [-0.1, -0.05) is 172 Å². The maximum Gasteiger partial charge on any atom is 0.135 e. The van der Waals surface area contributed by atoms with Crippen LogP contribution >= 0.6 is 0 Å². The predicted octanol–water partition coefficient (Wildman–Crippen LogP) is 15.8. The van der Waals surface area contributed by atoms with Crippen molar-refractivity contribution in [2.24, 2.45) is 0 Å². The van der Waals surface area contributed by atoms with Crippen LogP contribution in [-0.4, -0.2) is 4.57 Å². The van der Waals surface area contributed by atoms with Gasteiger partial charge in [0.25, 0.3) is 0 Å². The lowest BCUT2D eigenvalue weighted by Crippen LogP contribution is -2.15. The minimum Gasteiger partial charge on any atom is -0.456 e. The molecule has 11 aromatic rings. The molecule has 284 valence electrons. The van der Waals surface area contributed by atoms with E-state index in [-0.39, 0.29) is 5.41 Å². The van der Waals surface area contributed by atoms with Crippen LogP contribution in [0.25, 0.3) is 82.8 Å². The third-order valence-electron chi connectivity index (χ3n) is 12.8. The number of nitrogens with zero attached hydrogens (tertiary/aromatic N) is 2. The lowest BCUT2D eigenvalue weighted by atomic mass is 9.82. The highest BCUT2D eigenvalue weighted by Crippen LogP contribution is 2.54. The van der Waals surface area contributed by atoms with Gasteiger partial charge in [0.1, 0.15) is 11.2 Å². The number of aromatic nitrogens is 1. The van der Waals surface area contributed by atoms with Crippen LogP contribution in [0.3, 0.4) is 0 Å². The van der Waals surface area contributed by atoms with E-state index >= 15 is 0 Å². The molecule has 2 aromatic heterocycles. The second-order valence-electron chi connectivity index (χ2n) is 16.5. The van der Waals surface area contributed by atoms with Crippen molar-refractivity contribution in [3.05, 3.63) is 217 Å². The minimum atomic E-state index is -0.159. The molecule has 3 nitrogen and oxygen atoms in total. The molecular weight excluding hydrogens is 729 g/mol. The fraction of sp³-hybridized carbons (Fsp3) is 0.0526. The number of hydrogen-bond acceptors (Lipinski definition) is 2. The summed E-state index contributed by atoms with van der Waals surface area (Å²) in [5.74, 6) is 0. The average molecular weight is 769 g/mol. The molecule has 0 saturated heterocycles. The molecule has 0 N–H and O–H groups in total. The average Bonchev–Trinajstić information content (AvgIpc) is 3.92. The summed E-state index contributed by atoms with van der Waals surface area (Å²) < 4.78 is 8.91. The van der Waals surface area contributed by atoms with Gasteiger partial charge in [-0.15, -0.1) is 0 Å². The first-order chi connectivity index (χ1) is 29.5. The summed E-state index contributed by atoms with van der Waals surface area (Å²) in [5, 5.41) is 4.64. The number of anilines is 3. The maximum absolute atomic E-state index is 6.35. The van der Waals surface area contributed by atoms with Crippen molar-refractivity contribution in [2.45, 2.75) is 19.3 Å². The zero-order valence-electron chi connectivity index (χ0n) is 33.4. The standard InChI is InChI=1S/C57H40N2O/c1-57(2)48-25-13-9-24-46(48)55-49(57)33-32-42(38-19-7-4-8-20-38)56(55)59-51-27-15-11-22-43(51)44-31-29-40(36-52(44)59)58(50-26-14-10-21-41(50)37-17-5-3-6-18-37)39-30-34-54-47(35-39)45-23-12-16-28-53(45)60-54/h3-36H,1-2H3. The van der Waals surface area contributed by atoms with Gasteiger partial charge in [0.15, 0.2) is 0 Å². The van der Waals surface area contributed by atoms with Crippen molar-refractivity contribution in [1.29, 1.82) is 0 Å². The van der Waals surface area contributed by atoms with Crippen molar-refractivity contribution < 1.29 is 4.42 Å². The van der Waals surface area contributed by atoms with Crippen LogP contribution < -0.4 is 4.90 Å². The van der Waals surface area contributed by atoms with E-state index in [9.17, 15) is 0 Å². The molecular formula is C57H40N2O. The topological polar surface area (TPSA) is 21.3 Å². The minimum absolute atomic E-state index is 0.159. The van der Waals surface area contributed by atoms with Gasteiger partial charge < -0.3 is 13.9 Å². The summed E-state index contributed by atoms with van der Waals surface area (Å²) >= 11 is 0. The zero-order chi connectivity index (χ0) is 40.0. The van der Waals surface area contributed by atoms with Crippen molar-refractivity contribution >= 4 is 60.8 Å². The second kappa shape index (κ2) is 13.2. The van der Waals surface area contributed by atoms with Gasteiger partial charge in [-0.2, -0.15) is 0 Å². The van der Waals surface area contributed by atoms with E-state index in [0.29, 0.717) is 0 Å². The van der Waals surface area contributed by atoms with Gasteiger partial charge in [0.2, 0.25) is 0 Å². The monoisotopic (exact) mass is 768 g/mol. The van der Waals surface area contributed by atoms with Crippen LogP contribution in [0.15, 0.2) is 211 Å². The van der Waals surface area contributed by atoms with Crippen LogP contribution in [0.4, 0.5) is 17.1 Å². The summed E-state index contributed by atoms with van der Waals surface area (Å²) in [5.41, 5.74) is 18.4. The normalized spacial score (nSPS) is 13.0. The fourth-order valence-electron chi connectivity index (χ4n) is 10.0. The Morgan fingerprint density at radius 2 is 1.02 bits per heavy atom. The Bertz CT molecular complexity index is 3460. The predicted molar refractivity (Wildman–Crippen MR) is 251 cm³/mol. The van der Waals surface area contributed by atoms with Gasteiger partial charge in [0.05, 0.1) is 22.4 Å². The number of benzene rings is 9. The van der Waals surface area contributed by atoms with Gasteiger partial charge in [-0.05, 0) is 76.3 Å². The zero-order valence-corrected chi connectivity index (χ0v) is 33.4. The Hall–Kier alpha value is -7.62. The third-order valence-corrected chi connectivity index (χ3v) is 12.8. The third kappa shape index (κ3) is 5.09. The Morgan fingerprint density at radius 3 is 1.83 bits per heavy atom. The van der Waals surface area contributed by atoms with Crippen molar-refractivity contribution in [3.8, 4) is 39.1 Å². The molecule has 0 bridgehead atoms. The molecule has 12 rings (SSSR count). The number of hydrogen-bond donors (Lipinski definition) is 0. The van der Waals surface area contributed by atoms with Gasteiger partial charge in [0, 0.05) is 55.0 Å². The highest BCUT2D eigenvalue weighted by atomic mass is 16.3. The summed E-state index contributed by atoms with van der Waals surface area (Å²) in [6.45, 7) is 4.74. The first-order valence-corrected chi connectivity index (χ1v) is 20.8. The lowest BCUT2D eigenvalue weighted by Gasteiger charge is -2.28. The summed E-state index contributed by atoms with van der Waals surface area (Å²) in [6.07, 6.45) is 0. The van der Waals surface area contributed by atoms with Crippen molar-refractivity contribution in [1.82, 2.24) is 4.57 Å². The largest absolute Gasteiger partial charge is 0.456 e. The van der Waals surface area contributed by atoms with E-state index < -0.39 is 0 Å². The summed E-state index contributed by atoms with van der Waals surface area (Å²) in [6, 6.07) is 75.0. The van der Waals surface area contributed by atoms with Crippen LogP contribution in [0.5, 0.6) is 0 Å². The van der Waals surface area contributed by atoms with E-state index in [2.05, 4.69) is 217 Å².